The van der Waals surface area contributed by atoms with Crippen molar-refractivity contribution in [2.45, 2.75) is 18.7 Å². The normalized spacial score (nSPS) is 11.3. The second kappa shape index (κ2) is 9.62. The number of benzene rings is 2. The predicted molar refractivity (Wildman–Crippen MR) is 104 cm³/mol. The van der Waals surface area contributed by atoms with E-state index in [-0.39, 0.29) is 23.5 Å². The van der Waals surface area contributed by atoms with Crippen LogP contribution in [0.3, 0.4) is 0 Å². The van der Waals surface area contributed by atoms with Crippen LogP contribution in [0.2, 0.25) is 0 Å². The Morgan fingerprint density at radius 2 is 1.76 bits per heavy atom. The van der Waals surface area contributed by atoms with Crippen molar-refractivity contribution in [3.05, 3.63) is 59.4 Å². The minimum atomic E-state index is -3.88. The lowest BCUT2D eigenvalue weighted by atomic mass is 10.1. The van der Waals surface area contributed by atoms with E-state index in [0.717, 1.165) is 18.2 Å². The van der Waals surface area contributed by atoms with Crippen molar-refractivity contribution in [3.63, 3.8) is 0 Å². The van der Waals surface area contributed by atoms with Gasteiger partial charge in [0.25, 0.3) is 0 Å². The molecule has 156 valence electrons. The van der Waals surface area contributed by atoms with Crippen molar-refractivity contribution in [1.82, 2.24) is 4.31 Å². The van der Waals surface area contributed by atoms with Gasteiger partial charge in [-0.05, 0) is 30.3 Å². The molecule has 0 radical (unpaired) electrons. The van der Waals surface area contributed by atoms with Gasteiger partial charge in [0, 0.05) is 18.7 Å². The first-order chi connectivity index (χ1) is 13.7. The first-order valence-electron chi connectivity index (χ1n) is 8.88. The summed E-state index contributed by atoms with van der Waals surface area (Å²) in [4.78, 5) is 24.2. The summed E-state index contributed by atoms with van der Waals surface area (Å²) in [5.41, 5.74) is -0.299. The van der Waals surface area contributed by atoms with Crippen molar-refractivity contribution in [2.24, 2.45) is 0 Å². The molecule has 0 aromatic heterocycles. The summed E-state index contributed by atoms with van der Waals surface area (Å²) in [6, 6.07) is 9.15. The van der Waals surface area contributed by atoms with Gasteiger partial charge in [-0.2, -0.15) is 4.31 Å². The molecule has 0 saturated heterocycles. The molecule has 2 aromatic rings. The Morgan fingerprint density at radius 1 is 1.07 bits per heavy atom. The highest BCUT2D eigenvalue weighted by molar-refractivity contribution is 7.89. The molecular weight excluding hydrogens is 401 g/mol. The number of hydrogen-bond donors (Lipinski definition) is 0. The second-order valence-corrected chi connectivity index (χ2v) is 7.90. The summed E-state index contributed by atoms with van der Waals surface area (Å²) in [6.45, 7) is 3.17. The number of carbonyl (C=O) groups is 2. The fourth-order valence-corrected chi connectivity index (χ4v) is 4.11. The number of ether oxygens (including phenoxy) is 2. The fraction of sp³-hybridized carbons (Fsp3) is 0.300. The molecule has 29 heavy (non-hydrogen) atoms. The molecule has 0 heterocycles. The third-order valence-corrected chi connectivity index (χ3v) is 6.27. The first-order valence-corrected chi connectivity index (χ1v) is 10.3. The van der Waals surface area contributed by atoms with Crippen LogP contribution in [0.4, 0.5) is 4.39 Å². The molecule has 2 aromatic carbocycles. The molecular formula is C20H22FNO6S. The van der Waals surface area contributed by atoms with Crippen LogP contribution in [0.25, 0.3) is 0 Å². The Bertz CT molecular complexity index is 1000. The molecule has 0 atom stereocenters. The molecule has 0 aliphatic heterocycles. The lowest BCUT2D eigenvalue weighted by Crippen LogP contribution is -2.30. The number of rotatable bonds is 9. The maximum absolute atomic E-state index is 14.1. The van der Waals surface area contributed by atoms with E-state index in [2.05, 4.69) is 0 Å². The van der Waals surface area contributed by atoms with Gasteiger partial charge in [0.2, 0.25) is 10.0 Å². The zero-order chi connectivity index (χ0) is 21.6. The maximum Gasteiger partial charge on any atom is 0.341 e. The molecule has 2 rings (SSSR count). The maximum atomic E-state index is 14.1. The van der Waals surface area contributed by atoms with Gasteiger partial charge in [-0.3, -0.25) is 4.79 Å². The molecule has 0 spiro atoms. The Balaban J connectivity index is 2.19. The third kappa shape index (κ3) is 5.18. The minimum absolute atomic E-state index is 0.227. The van der Waals surface area contributed by atoms with Crippen molar-refractivity contribution < 1.29 is 31.9 Å². The molecule has 0 amide bonds. The van der Waals surface area contributed by atoms with E-state index in [4.69, 9.17) is 9.47 Å². The lowest BCUT2D eigenvalue weighted by Gasteiger charge is -2.18. The van der Waals surface area contributed by atoms with Gasteiger partial charge in [-0.25, -0.2) is 17.6 Å². The zero-order valence-corrected chi connectivity index (χ0v) is 17.2. The van der Waals surface area contributed by atoms with Crippen molar-refractivity contribution in [3.8, 4) is 5.75 Å². The largest absolute Gasteiger partial charge is 0.497 e. The number of halogens is 1. The molecule has 7 nitrogen and oxygen atoms in total. The van der Waals surface area contributed by atoms with E-state index in [1.54, 1.807) is 26.0 Å². The van der Waals surface area contributed by atoms with Crippen molar-refractivity contribution >= 4 is 21.8 Å². The molecule has 0 fully saturated rings. The van der Waals surface area contributed by atoms with Crippen LogP contribution < -0.4 is 4.74 Å². The standard InChI is InChI=1S/C20H22FNO6S/c1-4-22(5-2)29(25,26)16-9-10-18(21)17(12-16)20(24)28-13-19(23)14-7-6-8-15(11-14)27-3/h6-12H,4-5,13H2,1-3H3. The van der Waals surface area contributed by atoms with E-state index in [1.165, 1.54) is 23.5 Å². The Labute approximate surface area is 169 Å². The summed E-state index contributed by atoms with van der Waals surface area (Å²) >= 11 is 0. The molecule has 0 aliphatic rings. The van der Waals surface area contributed by atoms with Gasteiger partial charge >= 0.3 is 5.97 Å². The smallest absolute Gasteiger partial charge is 0.341 e. The highest BCUT2D eigenvalue weighted by atomic mass is 32.2. The van der Waals surface area contributed by atoms with E-state index < -0.39 is 39.8 Å². The van der Waals surface area contributed by atoms with Gasteiger partial charge in [0.15, 0.2) is 12.4 Å². The van der Waals surface area contributed by atoms with E-state index >= 15 is 0 Å². The van der Waals surface area contributed by atoms with Crippen molar-refractivity contribution in [1.29, 1.82) is 0 Å². The van der Waals surface area contributed by atoms with E-state index in [1.807, 2.05) is 0 Å². The Hall–Kier alpha value is -2.78. The van der Waals surface area contributed by atoms with Crippen LogP contribution in [-0.2, 0) is 14.8 Å². The third-order valence-electron chi connectivity index (χ3n) is 4.23. The number of hydrogen-bond acceptors (Lipinski definition) is 6. The Kier molecular flexibility index (Phi) is 7.46. The SMILES string of the molecule is CCN(CC)S(=O)(=O)c1ccc(F)c(C(=O)OCC(=O)c2cccc(OC)c2)c1. The monoisotopic (exact) mass is 423 g/mol. The molecule has 0 saturated carbocycles. The number of ketones is 1. The molecule has 0 bridgehead atoms. The topological polar surface area (TPSA) is 90.0 Å². The predicted octanol–water partition coefficient (Wildman–Crippen LogP) is 2.90. The summed E-state index contributed by atoms with van der Waals surface area (Å²) in [7, 11) is -2.43. The van der Waals surface area contributed by atoms with Gasteiger partial charge in [-0.15, -0.1) is 0 Å². The molecule has 0 aliphatic carbocycles. The average molecular weight is 423 g/mol. The fourth-order valence-electron chi connectivity index (χ4n) is 2.62. The quantitative estimate of drug-likeness (QED) is 0.455. The Morgan fingerprint density at radius 3 is 2.38 bits per heavy atom. The first kappa shape index (κ1) is 22.5. The zero-order valence-electron chi connectivity index (χ0n) is 16.3. The van der Waals surface area contributed by atoms with E-state index in [9.17, 15) is 22.4 Å². The summed E-state index contributed by atoms with van der Waals surface area (Å²) < 4.78 is 50.4. The van der Waals surface area contributed by atoms with E-state index in [0.29, 0.717) is 5.75 Å². The highest BCUT2D eigenvalue weighted by Crippen LogP contribution is 2.20. The number of sulfonamides is 1. The van der Waals surface area contributed by atoms with Crippen LogP contribution in [0.5, 0.6) is 5.75 Å². The van der Waals surface area contributed by atoms with Crippen molar-refractivity contribution in [2.75, 3.05) is 26.8 Å². The number of methoxy groups -OCH3 is 1. The van der Waals surface area contributed by atoms with Gasteiger partial charge < -0.3 is 9.47 Å². The van der Waals surface area contributed by atoms with Crippen LogP contribution in [-0.4, -0.2) is 51.3 Å². The number of nitrogens with zero attached hydrogens (tertiary/aromatic N) is 1. The second-order valence-electron chi connectivity index (χ2n) is 5.96. The molecule has 9 heteroatoms. The summed E-state index contributed by atoms with van der Waals surface area (Å²) in [5, 5.41) is 0. The van der Waals surface area contributed by atoms with Gasteiger partial charge in [0.1, 0.15) is 11.6 Å². The minimum Gasteiger partial charge on any atom is -0.497 e. The number of carbonyl (C=O) groups excluding carboxylic acids is 2. The summed E-state index contributed by atoms with van der Waals surface area (Å²) in [5.74, 6) is -2.12. The van der Waals surface area contributed by atoms with Crippen LogP contribution in [0.1, 0.15) is 34.6 Å². The number of Topliss-reactive ketones (excluding diaryl/α,β-unsaturated/α-hetero) is 1. The summed E-state index contributed by atoms with van der Waals surface area (Å²) in [6.07, 6.45) is 0. The van der Waals surface area contributed by atoms with Crippen LogP contribution >= 0.6 is 0 Å². The van der Waals surface area contributed by atoms with Crippen LogP contribution in [0.15, 0.2) is 47.4 Å². The van der Waals surface area contributed by atoms with Gasteiger partial charge in [0.05, 0.1) is 17.6 Å². The molecule has 0 unspecified atom stereocenters. The van der Waals surface area contributed by atoms with Crippen LogP contribution in [0, 0.1) is 5.82 Å². The number of esters is 1. The lowest BCUT2D eigenvalue weighted by molar-refractivity contribution is 0.0470. The average Bonchev–Trinajstić information content (AvgIpc) is 2.72. The molecule has 0 N–H and O–H groups in total. The highest BCUT2D eigenvalue weighted by Gasteiger charge is 2.25. The van der Waals surface area contributed by atoms with Gasteiger partial charge in [-0.1, -0.05) is 26.0 Å².